The van der Waals surface area contributed by atoms with E-state index in [0.29, 0.717) is 18.4 Å². The highest BCUT2D eigenvalue weighted by molar-refractivity contribution is 5.31. The van der Waals surface area contributed by atoms with Crippen molar-refractivity contribution < 1.29 is 17.9 Å². The SMILES string of the molecule is COc1ccc(C(N)C2CCC(F)(F)CC2)cc1F. The number of benzene rings is 1. The average Bonchev–Trinajstić information content (AvgIpc) is 2.38. The fraction of sp³-hybridized carbons (Fsp3) is 0.571. The second kappa shape index (κ2) is 5.41. The highest BCUT2D eigenvalue weighted by atomic mass is 19.3. The molecule has 1 aromatic carbocycles. The van der Waals surface area contributed by atoms with E-state index in [-0.39, 0.29) is 24.5 Å². The van der Waals surface area contributed by atoms with E-state index in [4.69, 9.17) is 10.5 Å². The van der Waals surface area contributed by atoms with Crippen molar-refractivity contribution >= 4 is 0 Å². The molecule has 0 saturated heterocycles. The summed E-state index contributed by atoms with van der Waals surface area (Å²) < 4.78 is 44.6. The first-order valence-electron chi connectivity index (χ1n) is 6.40. The molecule has 2 N–H and O–H groups in total. The zero-order valence-electron chi connectivity index (χ0n) is 10.8. The van der Waals surface area contributed by atoms with Crippen LogP contribution in [0.4, 0.5) is 13.2 Å². The Morgan fingerprint density at radius 3 is 2.47 bits per heavy atom. The molecule has 2 nitrogen and oxygen atoms in total. The number of nitrogens with two attached hydrogens (primary N) is 1. The van der Waals surface area contributed by atoms with E-state index < -0.39 is 17.8 Å². The minimum Gasteiger partial charge on any atom is -0.494 e. The van der Waals surface area contributed by atoms with Crippen LogP contribution in [0.2, 0.25) is 0 Å². The number of halogens is 3. The van der Waals surface area contributed by atoms with Gasteiger partial charge in [0.2, 0.25) is 5.92 Å². The standard InChI is InChI=1S/C14H18F3NO/c1-19-12-3-2-10(8-11(12)15)13(18)9-4-6-14(16,17)7-5-9/h2-3,8-9,13H,4-7,18H2,1H3. The van der Waals surface area contributed by atoms with Gasteiger partial charge in [-0.25, -0.2) is 13.2 Å². The molecule has 1 aliphatic carbocycles. The molecule has 0 aromatic heterocycles. The van der Waals surface area contributed by atoms with Gasteiger partial charge in [0.1, 0.15) is 0 Å². The Bertz CT molecular complexity index is 440. The number of hydrogen-bond acceptors (Lipinski definition) is 2. The van der Waals surface area contributed by atoms with Crippen LogP contribution in [-0.4, -0.2) is 13.0 Å². The third-order valence-electron chi connectivity index (χ3n) is 3.83. The van der Waals surface area contributed by atoms with Gasteiger partial charge < -0.3 is 10.5 Å². The van der Waals surface area contributed by atoms with E-state index in [1.165, 1.54) is 19.2 Å². The minimum absolute atomic E-state index is 0.0209. The fourth-order valence-corrected chi connectivity index (χ4v) is 2.58. The molecule has 2 rings (SSSR count). The lowest BCUT2D eigenvalue weighted by atomic mass is 9.80. The molecule has 0 radical (unpaired) electrons. The molecule has 1 unspecified atom stereocenters. The van der Waals surface area contributed by atoms with Crippen molar-refractivity contribution in [3.8, 4) is 5.75 Å². The van der Waals surface area contributed by atoms with Gasteiger partial charge in [0, 0.05) is 18.9 Å². The fourth-order valence-electron chi connectivity index (χ4n) is 2.58. The van der Waals surface area contributed by atoms with E-state index in [0.717, 1.165) is 0 Å². The van der Waals surface area contributed by atoms with Crippen LogP contribution >= 0.6 is 0 Å². The van der Waals surface area contributed by atoms with Crippen LogP contribution in [0, 0.1) is 11.7 Å². The van der Waals surface area contributed by atoms with Crippen molar-refractivity contribution in [3.63, 3.8) is 0 Å². The molecule has 0 aliphatic heterocycles. The zero-order valence-corrected chi connectivity index (χ0v) is 10.8. The first-order valence-corrected chi connectivity index (χ1v) is 6.40. The summed E-state index contributed by atoms with van der Waals surface area (Å²) in [4.78, 5) is 0. The van der Waals surface area contributed by atoms with E-state index in [2.05, 4.69) is 0 Å². The normalized spacial score (nSPS) is 21.1. The predicted octanol–water partition coefficient (Wildman–Crippen LogP) is 3.66. The third kappa shape index (κ3) is 3.21. The van der Waals surface area contributed by atoms with Gasteiger partial charge in [-0.05, 0) is 36.5 Å². The quantitative estimate of drug-likeness (QED) is 0.912. The van der Waals surface area contributed by atoms with Crippen molar-refractivity contribution in [2.45, 2.75) is 37.6 Å². The van der Waals surface area contributed by atoms with Gasteiger partial charge in [-0.2, -0.15) is 0 Å². The molecule has 1 saturated carbocycles. The van der Waals surface area contributed by atoms with E-state index in [9.17, 15) is 13.2 Å². The molecule has 0 heterocycles. The number of hydrogen-bond donors (Lipinski definition) is 1. The maximum absolute atomic E-state index is 13.6. The molecule has 1 aromatic rings. The van der Waals surface area contributed by atoms with Crippen molar-refractivity contribution in [3.05, 3.63) is 29.6 Å². The number of alkyl halides is 2. The average molecular weight is 273 g/mol. The van der Waals surface area contributed by atoms with Crippen molar-refractivity contribution in [2.24, 2.45) is 11.7 Å². The van der Waals surface area contributed by atoms with Gasteiger partial charge in [-0.15, -0.1) is 0 Å². The van der Waals surface area contributed by atoms with Crippen LogP contribution in [0.5, 0.6) is 5.75 Å². The van der Waals surface area contributed by atoms with Gasteiger partial charge in [0.05, 0.1) is 7.11 Å². The molecular formula is C14H18F3NO. The molecule has 1 aliphatic rings. The first-order chi connectivity index (χ1) is 8.93. The summed E-state index contributed by atoms with van der Waals surface area (Å²) in [5.41, 5.74) is 6.70. The second-order valence-corrected chi connectivity index (χ2v) is 5.11. The maximum Gasteiger partial charge on any atom is 0.248 e. The summed E-state index contributed by atoms with van der Waals surface area (Å²) in [6.07, 6.45) is 0.484. The summed E-state index contributed by atoms with van der Waals surface area (Å²) >= 11 is 0. The first kappa shape index (κ1) is 14.2. The molecular weight excluding hydrogens is 255 g/mol. The minimum atomic E-state index is -2.57. The molecule has 1 fully saturated rings. The smallest absolute Gasteiger partial charge is 0.248 e. The van der Waals surface area contributed by atoms with Gasteiger partial charge >= 0.3 is 0 Å². The molecule has 0 spiro atoms. The molecule has 106 valence electrons. The van der Waals surface area contributed by atoms with Crippen molar-refractivity contribution in [1.82, 2.24) is 0 Å². The molecule has 19 heavy (non-hydrogen) atoms. The zero-order chi connectivity index (χ0) is 14.0. The van der Waals surface area contributed by atoms with Crippen LogP contribution < -0.4 is 10.5 Å². The molecule has 0 amide bonds. The second-order valence-electron chi connectivity index (χ2n) is 5.11. The van der Waals surface area contributed by atoms with Crippen LogP contribution in [0.15, 0.2) is 18.2 Å². The van der Waals surface area contributed by atoms with Crippen molar-refractivity contribution in [2.75, 3.05) is 7.11 Å². The molecule has 1 atom stereocenters. The third-order valence-corrected chi connectivity index (χ3v) is 3.83. The van der Waals surface area contributed by atoms with Crippen LogP contribution in [0.3, 0.4) is 0 Å². The highest BCUT2D eigenvalue weighted by Crippen LogP contribution is 2.40. The maximum atomic E-state index is 13.6. The van der Waals surface area contributed by atoms with Gasteiger partial charge in [0.15, 0.2) is 11.6 Å². The Hall–Kier alpha value is -1.23. The van der Waals surface area contributed by atoms with Gasteiger partial charge in [-0.3, -0.25) is 0 Å². The topological polar surface area (TPSA) is 35.2 Å². The monoisotopic (exact) mass is 273 g/mol. The van der Waals surface area contributed by atoms with Gasteiger partial charge in [-0.1, -0.05) is 6.07 Å². The molecule has 5 heteroatoms. The largest absolute Gasteiger partial charge is 0.494 e. The Morgan fingerprint density at radius 2 is 1.95 bits per heavy atom. The lowest BCUT2D eigenvalue weighted by Crippen LogP contribution is -2.31. The van der Waals surface area contributed by atoms with Crippen molar-refractivity contribution in [1.29, 1.82) is 0 Å². The van der Waals surface area contributed by atoms with Crippen LogP contribution in [0.25, 0.3) is 0 Å². The Balaban J connectivity index is 2.08. The summed E-state index contributed by atoms with van der Waals surface area (Å²) in [6.45, 7) is 0. The van der Waals surface area contributed by atoms with Gasteiger partial charge in [0.25, 0.3) is 0 Å². The highest BCUT2D eigenvalue weighted by Gasteiger charge is 2.37. The van der Waals surface area contributed by atoms with E-state index in [1.807, 2.05) is 0 Å². The van der Waals surface area contributed by atoms with Crippen LogP contribution in [-0.2, 0) is 0 Å². The number of rotatable bonds is 3. The van der Waals surface area contributed by atoms with E-state index in [1.54, 1.807) is 6.07 Å². The summed E-state index contributed by atoms with van der Waals surface area (Å²) in [5, 5.41) is 0. The van der Waals surface area contributed by atoms with Crippen LogP contribution in [0.1, 0.15) is 37.3 Å². The predicted molar refractivity (Wildman–Crippen MR) is 66.8 cm³/mol. The number of ether oxygens (including phenoxy) is 1. The Labute approximate surface area is 110 Å². The summed E-state index contributed by atoms with van der Waals surface area (Å²) in [6, 6.07) is 4.13. The lowest BCUT2D eigenvalue weighted by molar-refractivity contribution is -0.0483. The van der Waals surface area contributed by atoms with E-state index >= 15 is 0 Å². The summed E-state index contributed by atoms with van der Waals surface area (Å²) in [7, 11) is 1.39. The number of methoxy groups -OCH3 is 1. The molecule has 0 bridgehead atoms. The Kier molecular flexibility index (Phi) is 4.04. The summed E-state index contributed by atoms with van der Waals surface area (Å²) in [5.74, 6) is -2.91. The lowest BCUT2D eigenvalue weighted by Gasteiger charge is -2.32. The Morgan fingerprint density at radius 1 is 1.32 bits per heavy atom.